The van der Waals surface area contributed by atoms with E-state index in [1.165, 1.54) is 17.7 Å². The lowest BCUT2D eigenvalue weighted by Gasteiger charge is -2.36. The van der Waals surface area contributed by atoms with Crippen LogP contribution in [0.1, 0.15) is 44.4 Å². The molecule has 0 saturated heterocycles. The van der Waals surface area contributed by atoms with E-state index in [2.05, 4.69) is 33.8 Å². The molecule has 2 aromatic rings. The van der Waals surface area contributed by atoms with Gasteiger partial charge in [0.1, 0.15) is 0 Å². The van der Waals surface area contributed by atoms with Crippen LogP contribution in [0.4, 0.5) is 8.78 Å². The zero-order chi connectivity index (χ0) is 16.8. The molecule has 0 aromatic heterocycles. The van der Waals surface area contributed by atoms with Crippen LogP contribution in [0.2, 0.25) is 0 Å². The minimum atomic E-state index is -0.804. The van der Waals surface area contributed by atoms with Crippen molar-refractivity contribution in [1.29, 1.82) is 0 Å². The molecule has 2 heteroatoms. The molecule has 0 saturated carbocycles. The lowest BCUT2D eigenvalue weighted by atomic mass is 9.68. The molecule has 0 N–H and O–H groups in total. The smallest absolute Gasteiger partial charge is 0.159 e. The Bertz CT molecular complexity index is 820. The van der Waals surface area contributed by atoms with Gasteiger partial charge in [-0.2, -0.15) is 0 Å². The predicted octanol–water partition coefficient (Wildman–Crippen LogP) is 6.02. The van der Waals surface area contributed by atoms with E-state index in [0.717, 1.165) is 27.8 Å². The standard InChI is InChI=1S/C21H20F2/c1-13(2)17-10-15(14-8-6-5-7-9-14)16-11-19(22)20(23)12-18(16)21(17,3)4/h5-12H,1-4H3. The van der Waals surface area contributed by atoms with Gasteiger partial charge in [-0.25, -0.2) is 8.78 Å². The Labute approximate surface area is 136 Å². The zero-order valence-electron chi connectivity index (χ0n) is 13.9. The molecule has 1 aliphatic carbocycles. The molecule has 23 heavy (non-hydrogen) atoms. The molecule has 1 aliphatic rings. The highest BCUT2D eigenvalue weighted by atomic mass is 19.2. The van der Waals surface area contributed by atoms with E-state index in [1.807, 2.05) is 30.3 Å². The van der Waals surface area contributed by atoms with E-state index in [1.54, 1.807) is 0 Å². The number of rotatable bonds is 1. The second-order valence-electron chi connectivity index (χ2n) is 6.77. The van der Waals surface area contributed by atoms with Gasteiger partial charge in [-0.05, 0) is 59.9 Å². The zero-order valence-corrected chi connectivity index (χ0v) is 13.9. The second-order valence-corrected chi connectivity index (χ2v) is 6.77. The van der Waals surface area contributed by atoms with Gasteiger partial charge in [-0.1, -0.05) is 49.8 Å². The van der Waals surface area contributed by atoms with Crippen molar-refractivity contribution < 1.29 is 8.78 Å². The SMILES string of the molecule is CC(C)=C1C=C(c2ccccc2)c2cc(F)c(F)cc2C1(C)C. The monoisotopic (exact) mass is 310 g/mol. The first-order chi connectivity index (χ1) is 10.8. The summed E-state index contributed by atoms with van der Waals surface area (Å²) in [4.78, 5) is 0. The van der Waals surface area contributed by atoms with Gasteiger partial charge < -0.3 is 0 Å². The summed E-state index contributed by atoms with van der Waals surface area (Å²) >= 11 is 0. The van der Waals surface area contributed by atoms with Gasteiger partial charge >= 0.3 is 0 Å². The van der Waals surface area contributed by atoms with E-state index in [9.17, 15) is 8.78 Å². The van der Waals surface area contributed by atoms with E-state index in [4.69, 9.17) is 0 Å². The van der Waals surface area contributed by atoms with Gasteiger partial charge in [0, 0.05) is 5.41 Å². The first-order valence-corrected chi connectivity index (χ1v) is 7.77. The normalized spacial score (nSPS) is 15.9. The minimum Gasteiger partial charge on any atom is -0.204 e. The summed E-state index contributed by atoms with van der Waals surface area (Å²) in [6.45, 7) is 8.23. The van der Waals surface area contributed by atoms with Crippen molar-refractivity contribution in [2.45, 2.75) is 33.1 Å². The van der Waals surface area contributed by atoms with Gasteiger partial charge in [-0.15, -0.1) is 0 Å². The lowest BCUT2D eigenvalue weighted by Crippen LogP contribution is -2.26. The molecule has 0 fully saturated rings. The van der Waals surface area contributed by atoms with Crippen molar-refractivity contribution in [1.82, 2.24) is 0 Å². The van der Waals surface area contributed by atoms with E-state index < -0.39 is 11.6 Å². The van der Waals surface area contributed by atoms with Crippen LogP contribution in [-0.2, 0) is 5.41 Å². The maximum Gasteiger partial charge on any atom is 0.159 e. The molecule has 0 unspecified atom stereocenters. The highest BCUT2D eigenvalue weighted by molar-refractivity contribution is 5.87. The summed E-state index contributed by atoms with van der Waals surface area (Å²) in [5, 5.41) is 0. The average molecular weight is 310 g/mol. The molecular formula is C21H20F2. The number of benzene rings is 2. The van der Waals surface area contributed by atoms with Crippen molar-refractivity contribution in [3.05, 3.63) is 88.0 Å². The van der Waals surface area contributed by atoms with E-state index in [0.29, 0.717) is 0 Å². The maximum atomic E-state index is 13.9. The Morgan fingerprint density at radius 2 is 1.52 bits per heavy atom. The Hall–Kier alpha value is -2.22. The van der Waals surface area contributed by atoms with Crippen LogP contribution in [-0.4, -0.2) is 0 Å². The van der Waals surface area contributed by atoms with E-state index in [-0.39, 0.29) is 5.41 Å². The molecule has 0 aliphatic heterocycles. The molecule has 2 aromatic carbocycles. The second kappa shape index (κ2) is 5.45. The summed E-state index contributed by atoms with van der Waals surface area (Å²) in [6.07, 6.45) is 2.12. The molecule has 118 valence electrons. The van der Waals surface area contributed by atoms with Crippen LogP contribution in [0.3, 0.4) is 0 Å². The minimum absolute atomic E-state index is 0.360. The molecule has 0 heterocycles. The van der Waals surface area contributed by atoms with Crippen LogP contribution in [0.5, 0.6) is 0 Å². The van der Waals surface area contributed by atoms with Crippen LogP contribution in [0, 0.1) is 11.6 Å². The highest BCUT2D eigenvalue weighted by Gasteiger charge is 2.34. The molecule has 3 rings (SSSR count). The third-order valence-corrected chi connectivity index (χ3v) is 4.61. The summed E-state index contributed by atoms with van der Waals surface area (Å²) in [7, 11) is 0. The lowest BCUT2D eigenvalue weighted by molar-refractivity contribution is 0.500. The van der Waals surface area contributed by atoms with Crippen molar-refractivity contribution in [3.63, 3.8) is 0 Å². The average Bonchev–Trinajstić information content (AvgIpc) is 2.50. The molecule has 0 atom stereocenters. The van der Waals surface area contributed by atoms with Crippen molar-refractivity contribution >= 4 is 5.57 Å². The molecule has 0 radical (unpaired) electrons. The number of hydrogen-bond acceptors (Lipinski definition) is 0. The van der Waals surface area contributed by atoms with Gasteiger partial charge in [0.2, 0.25) is 0 Å². The van der Waals surface area contributed by atoms with Crippen molar-refractivity contribution in [2.24, 2.45) is 0 Å². The van der Waals surface area contributed by atoms with Crippen LogP contribution in [0.15, 0.2) is 59.7 Å². The van der Waals surface area contributed by atoms with E-state index >= 15 is 0 Å². The molecule has 0 amide bonds. The predicted molar refractivity (Wildman–Crippen MR) is 91.3 cm³/mol. The highest BCUT2D eigenvalue weighted by Crippen LogP contribution is 2.45. The number of fused-ring (bicyclic) bond motifs is 1. The van der Waals surface area contributed by atoms with Crippen molar-refractivity contribution in [3.8, 4) is 0 Å². The number of halogens is 2. The molecule has 0 bridgehead atoms. The van der Waals surface area contributed by atoms with Gasteiger partial charge in [-0.3, -0.25) is 0 Å². The largest absolute Gasteiger partial charge is 0.204 e. The quantitative estimate of drug-likeness (QED) is 0.604. The fourth-order valence-corrected chi connectivity index (χ4v) is 3.46. The first-order valence-electron chi connectivity index (χ1n) is 7.77. The van der Waals surface area contributed by atoms with Crippen LogP contribution < -0.4 is 0 Å². The fourth-order valence-electron chi connectivity index (χ4n) is 3.46. The van der Waals surface area contributed by atoms with Crippen LogP contribution in [0.25, 0.3) is 5.57 Å². The molecule has 0 spiro atoms. The van der Waals surface area contributed by atoms with Gasteiger partial charge in [0.15, 0.2) is 11.6 Å². The molecular weight excluding hydrogens is 290 g/mol. The maximum absolute atomic E-state index is 13.9. The summed E-state index contributed by atoms with van der Waals surface area (Å²) < 4.78 is 27.8. The van der Waals surface area contributed by atoms with Crippen molar-refractivity contribution in [2.75, 3.05) is 0 Å². The van der Waals surface area contributed by atoms with Gasteiger partial charge in [0.25, 0.3) is 0 Å². The topological polar surface area (TPSA) is 0 Å². The Morgan fingerprint density at radius 1 is 0.913 bits per heavy atom. The number of hydrogen-bond donors (Lipinski definition) is 0. The third-order valence-electron chi connectivity index (χ3n) is 4.61. The summed E-state index contributed by atoms with van der Waals surface area (Å²) in [5.41, 5.74) is 5.51. The summed E-state index contributed by atoms with van der Waals surface area (Å²) in [5.74, 6) is -1.60. The Balaban J connectivity index is 2.37. The Morgan fingerprint density at radius 3 is 2.13 bits per heavy atom. The molecule has 0 nitrogen and oxygen atoms in total. The summed E-state index contributed by atoms with van der Waals surface area (Å²) in [6, 6.07) is 12.5. The first kappa shape index (κ1) is 15.7. The Kier molecular flexibility index (Phi) is 3.71. The fraction of sp³-hybridized carbons (Fsp3) is 0.238. The third kappa shape index (κ3) is 2.52. The number of allylic oxidation sites excluding steroid dienone is 3. The van der Waals surface area contributed by atoms with Crippen LogP contribution >= 0.6 is 0 Å². The van der Waals surface area contributed by atoms with Gasteiger partial charge in [0.05, 0.1) is 0 Å².